The Bertz CT molecular complexity index is 400. The van der Waals surface area contributed by atoms with Gasteiger partial charge in [-0.1, -0.05) is 30.3 Å². The summed E-state index contributed by atoms with van der Waals surface area (Å²) in [5.74, 6) is -0.0817. The summed E-state index contributed by atoms with van der Waals surface area (Å²) in [6, 6.07) is 9.78. The van der Waals surface area contributed by atoms with E-state index in [1.54, 1.807) is 14.1 Å². The molecular formula is C11H12N2O2. The van der Waals surface area contributed by atoms with E-state index in [4.69, 9.17) is 4.74 Å². The fraction of sp³-hybridized carbons (Fsp3) is 0.273. The molecule has 4 heteroatoms. The van der Waals surface area contributed by atoms with Crippen LogP contribution in [-0.4, -0.2) is 30.9 Å². The van der Waals surface area contributed by atoms with Crippen molar-refractivity contribution in [1.29, 1.82) is 0 Å². The van der Waals surface area contributed by atoms with Crippen molar-refractivity contribution in [3.8, 4) is 0 Å². The average molecular weight is 204 g/mol. The maximum absolute atomic E-state index is 11.8. The summed E-state index contributed by atoms with van der Waals surface area (Å²) in [5, 5.41) is 0. The number of amides is 1. The molecule has 15 heavy (non-hydrogen) atoms. The number of aliphatic imine (C=N–C) groups is 1. The first-order valence-electron chi connectivity index (χ1n) is 4.70. The van der Waals surface area contributed by atoms with E-state index in [2.05, 4.69) is 4.99 Å². The van der Waals surface area contributed by atoms with Crippen molar-refractivity contribution in [3.05, 3.63) is 35.9 Å². The topological polar surface area (TPSA) is 41.9 Å². The Labute approximate surface area is 88.2 Å². The summed E-state index contributed by atoms with van der Waals surface area (Å²) < 4.78 is 5.45. The summed E-state index contributed by atoms with van der Waals surface area (Å²) in [6.45, 7) is 0. The zero-order chi connectivity index (χ0) is 10.8. The Balaban J connectivity index is 2.31. The molecule has 0 N–H and O–H groups in total. The van der Waals surface area contributed by atoms with Crippen molar-refractivity contribution in [2.45, 2.75) is 6.10 Å². The van der Waals surface area contributed by atoms with Crippen molar-refractivity contribution >= 4 is 11.9 Å². The summed E-state index contributed by atoms with van der Waals surface area (Å²) in [7, 11) is 3.26. The lowest BCUT2D eigenvalue weighted by atomic mass is 10.1. The highest BCUT2D eigenvalue weighted by Crippen LogP contribution is 2.25. The first kappa shape index (κ1) is 9.71. The molecule has 0 aliphatic carbocycles. The van der Waals surface area contributed by atoms with Crippen molar-refractivity contribution < 1.29 is 9.53 Å². The maximum atomic E-state index is 11.8. The third kappa shape index (κ3) is 1.58. The van der Waals surface area contributed by atoms with Crippen LogP contribution in [0, 0.1) is 0 Å². The number of hydrogen-bond acceptors (Lipinski definition) is 3. The van der Waals surface area contributed by atoms with E-state index in [0.29, 0.717) is 6.02 Å². The van der Waals surface area contributed by atoms with Crippen LogP contribution in [-0.2, 0) is 9.53 Å². The van der Waals surface area contributed by atoms with Gasteiger partial charge >= 0.3 is 0 Å². The highest BCUT2D eigenvalue weighted by molar-refractivity contribution is 6.02. The van der Waals surface area contributed by atoms with Gasteiger partial charge < -0.3 is 4.74 Å². The molecule has 1 aromatic rings. The second-order valence-electron chi connectivity index (χ2n) is 3.31. The van der Waals surface area contributed by atoms with Gasteiger partial charge in [-0.05, 0) is 0 Å². The quantitative estimate of drug-likeness (QED) is 0.689. The molecule has 0 aromatic heterocycles. The van der Waals surface area contributed by atoms with Gasteiger partial charge in [0.1, 0.15) is 0 Å². The Morgan fingerprint density at radius 2 is 2.00 bits per heavy atom. The summed E-state index contributed by atoms with van der Waals surface area (Å²) >= 11 is 0. The number of benzene rings is 1. The van der Waals surface area contributed by atoms with E-state index in [-0.39, 0.29) is 5.91 Å². The van der Waals surface area contributed by atoms with E-state index in [1.165, 1.54) is 4.90 Å². The normalized spacial score (nSPS) is 23.3. The molecule has 0 saturated carbocycles. The highest BCUT2D eigenvalue weighted by Gasteiger charge is 2.37. The third-order valence-corrected chi connectivity index (χ3v) is 2.36. The zero-order valence-corrected chi connectivity index (χ0v) is 8.68. The molecule has 0 spiro atoms. The van der Waals surface area contributed by atoms with Crippen LogP contribution >= 0.6 is 0 Å². The highest BCUT2D eigenvalue weighted by atomic mass is 16.5. The van der Waals surface area contributed by atoms with Crippen LogP contribution in [0.15, 0.2) is 35.3 Å². The Kier molecular flexibility index (Phi) is 2.41. The Morgan fingerprint density at radius 1 is 1.33 bits per heavy atom. The minimum absolute atomic E-state index is 0.0817. The summed E-state index contributed by atoms with van der Waals surface area (Å²) in [5.41, 5.74) is 0.855. The number of ether oxygens (including phenoxy) is 1. The first-order chi connectivity index (χ1) is 7.24. The molecule has 1 heterocycles. The fourth-order valence-electron chi connectivity index (χ4n) is 1.55. The van der Waals surface area contributed by atoms with Crippen LogP contribution in [0.1, 0.15) is 11.7 Å². The van der Waals surface area contributed by atoms with Crippen molar-refractivity contribution in [1.82, 2.24) is 4.90 Å². The SMILES string of the molecule is CN=C1OC(c2ccccc2)C(=O)N1C. The van der Waals surface area contributed by atoms with E-state index in [9.17, 15) is 4.79 Å². The standard InChI is InChI=1S/C11H12N2O2/c1-12-11-13(2)10(14)9(15-11)8-6-4-3-5-7-8/h3-7,9H,1-2H3. The Morgan fingerprint density at radius 3 is 2.53 bits per heavy atom. The van der Waals surface area contributed by atoms with Gasteiger partial charge in [0, 0.05) is 19.7 Å². The molecule has 1 saturated heterocycles. The van der Waals surface area contributed by atoms with E-state index < -0.39 is 6.10 Å². The molecule has 1 aliphatic heterocycles. The smallest absolute Gasteiger partial charge is 0.294 e. The van der Waals surface area contributed by atoms with Gasteiger partial charge in [0.25, 0.3) is 11.9 Å². The van der Waals surface area contributed by atoms with Crippen LogP contribution < -0.4 is 0 Å². The van der Waals surface area contributed by atoms with Gasteiger partial charge in [0.2, 0.25) is 6.10 Å². The number of amidine groups is 1. The molecule has 4 nitrogen and oxygen atoms in total. The van der Waals surface area contributed by atoms with E-state index in [1.807, 2.05) is 30.3 Å². The van der Waals surface area contributed by atoms with Gasteiger partial charge in [-0.3, -0.25) is 9.69 Å². The van der Waals surface area contributed by atoms with Gasteiger partial charge in [0.05, 0.1) is 0 Å². The largest absolute Gasteiger partial charge is 0.446 e. The number of rotatable bonds is 1. The maximum Gasteiger partial charge on any atom is 0.294 e. The second kappa shape index (κ2) is 3.73. The predicted molar refractivity (Wildman–Crippen MR) is 56.4 cm³/mol. The van der Waals surface area contributed by atoms with Crippen molar-refractivity contribution in [2.75, 3.05) is 14.1 Å². The monoisotopic (exact) mass is 204 g/mol. The minimum atomic E-state index is -0.546. The molecule has 1 amide bonds. The van der Waals surface area contributed by atoms with Gasteiger partial charge in [-0.25, -0.2) is 4.99 Å². The number of hydrogen-bond donors (Lipinski definition) is 0. The molecule has 1 aromatic carbocycles. The lowest BCUT2D eigenvalue weighted by Crippen LogP contribution is -2.25. The van der Waals surface area contributed by atoms with Crippen molar-refractivity contribution in [3.63, 3.8) is 0 Å². The van der Waals surface area contributed by atoms with Gasteiger partial charge in [-0.15, -0.1) is 0 Å². The molecule has 1 aliphatic rings. The predicted octanol–water partition coefficient (Wildman–Crippen LogP) is 1.20. The summed E-state index contributed by atoms with van der Waals surface area (Å²) in [6.07, 6.45) is -0.546. The van der Waals surface area contributed by atoms with E-state index in [0.717, 1.165) is 5.56 Å². The van der Waals surface area contributed by atoms with E-state index >= 15 is 0 Å². The Hall–Kier alpha value is -1.84. The number of likely N-dealkylation sites (N-methyl/N-ethyl adjacent to an activating group) is 1. The van der Waals surface area contributed by atoms with Crippen LogP contribution in [0.25, 0.3) is 0 Å². The molecule has 0 bridgehead atoms. The molecule has 1 fully saturated rings. The minimum Gasteiger partial charge on any atom is -0.446 e. The molecule has 78 valence electrons. The van der Waals surface area contributed by atoms with Crippen LogP contribution in [0.2, 0.25) is 0 Å². The molecular weight excluding hydrogens is 192 g/mol. The molecule has 2 rings (SSSR count). The third-order valence-electron chi connectivity index (χ3n) is 2.36. The molecule has 1 unspecified atom stereocenters. The van der Waals surface area contributed by atoms with Gasteiger partial charge in [0.15, 0.2) is 0 Å². The molecule has 1 atom stereocenters. The zero-order valence-electron chi connectivity index (χ0n) is 8.68. The number of nitrogens with zero attached hydrogens (tertiary/aromatic N) is 2. The lowest BCUT2D eigenvalue weighted by molar-refractivity contribution is -0.129. The van der Waals surface area contributed by atoms with Crippen LogP contribution in [0.4, 0.5) is 0 Å². The van der Waals surface area contributed by atoms with Gasteiger partial charge in [-0.2, -0.15) is 0 Å². The van der Waals surface area contributed by atoms with Crippen LogP contribution in [0.3, 0.4) is 0 Å². The second-order valence-corrected chi connectivity index (χ2v) is 3.31. The molecule has 0 radical (unpaired) electrons. The van der Waals surface area contributed by atoms with Crippen LogP contribution in [0.5, 0.6) is 0 Å². The number of carbonyl (C=O) groups is 1. The number of carbonyl (C=O) groups excluding carboxylic acids is 1. The average Bonchev–Trinajstić information content (AvgIpc) is 2.57. The first-order valence-corrected chi connectivity index (χ1v) is 4.70. The fourth-order valence-corrected chi connectivity index (χ4v) is 1.55. The lowest BCUT2D eigenvalue weighted by Gasteiger charge is -2.05. The van der Waals surface area contributed by atoms with Crippen molar-refractivity contribution in [2.24, 2.45) is 4.99 Å². The summed E-state index contributed by atoms with van der Waals surface area (Å²) in [4.78, 5) is 17.1.